The summed E-state index contributed by atoms with van der Waals surface area (Å²) < 4.78 is 15.1. The normalized spacial score (nSPS) is 10.4. The van der Waals surface area contributed by atoms with Gasteiger partial charge in [0.2, 0.25) is 0 Å². The highest BCUT2D eigenvalue weighted by molar-refractivity contribution is 6.02. The molecular formula is C12H12FN5O3. The molecule has 0 aliphatic heterocycles. The van der Waals surface area contributed by atoms with Gasteiger partial charge in [-0.05, 0) is 18.2 Å². The molecule has 0 spiro atoms. The second-order valence-electron chi connectivity index (χ2n) is 4.11. The first-order chi connectivity index (χ1) is 10.0. The summed E-state index contributed by atoms with van der Waals surface area (Å²) in [7, 11) is 0. The Bertz CT molecular complexity index is 685. The van der Waals surface area contributed by atoms with E-state index in [4.69, 9.17) is 10.8 Å². The molecule has 0 saturated heterocycles. The van der Waals surface area contributed by atoms with Crippen LogP contribution in [0.5, 0.6) is 0 Å². The van der Waals surface area contributed by atoms with Crippen LogP contribution in [-0.2, 0) is 6.54 Å². The third kappa shape index (κ3) is 3.39. The van der Waals surface area contributed by atoms with Crippen LogP contribution in [0.4, 0.5) is 10.1 Å². The maximum atomic E-state index is 13.7. The van der Waals surface area contributed by atoms with Gasteiger partial charge in [0.15, 0.2) is 5.69 Å². The number of anilines is 1. The Morgan fingerprint density at radius 3 is 2.81 bits per heavy atom. The van der Waals surface area contributed by atoms with Crippen molar-refractivity contribution in [2.45, 2.75) is 6.54 Å². The van der Waals surface area contributed by atoms with Gasteiger partial charge >= 0.3 is 5.97 Å². The standard InChI is InChI=1S/C12H12FN5O3/c13-8-5-7(12(20)21)1-2-9(8)15-11(19)10-6-18(4-3-14)17-16-10/h1-2,5-6H,3-4,14H2,(H,15,19)(H,20,21). The maximum absolute atomic E-state index is 13.7. The van der Waals surface area contributed by atoms with Crippen LogP contribution >= 0.6 is 0 Å². The van der Waals surface area contributed by atoms with Gasteiger partial charge in [0.05, 0.1) is 24.0 Å². The van der Waals surface area contributed by atoms with E-state index in [0.717, 1.165) is 6.07 Å². The molecule has 9 heteroatoms. The molecule has 1 aromatic carbocycles. The number of hydrogen-bond donors (Lipinski definition) is 3. The largest absolute Gasteiger partial charge is 0.478 e. The number of hydrogen-bond acceptors (Lipinski definition) is 5. The van der Waals surface area contributed by atoms with Gasteiger partial charge in [-0.1, -0.05) is 5.21 Å². The Balaban J connectivity index is 2.13. The van der Waals surface area contributed by atoms with Crippen molar-refractivity contribution in [3.05, 3.63) is 41.5 Å². The van der Waals surface area contributed by atoms with Crippen LogP contribution in [-0.4, -0.2) is 38.5 Å². The minimum absolute atomic E-state index is 0.00478. The quantitative estimate of drug-likeness (QED) is 0.729. The minimum Gasteiger partial charge on any atom is -0.478 e. The highest BCUT2D eigenvalue weighted by Crippen LogP contribution is 2.16. The zero-order valence-electron chi connectivity index (χ0n) is 10.8. The number of rotatable bonds is 5. The fourth-order valence-electron chi connectivity index (χ4n) is 1.58. The minimum atomic E-state index is -1.25. The predicted octanol–water partition coefficient (Wildman–Crippen LogP) is 0.326. The number of benzene rings is 1. The van der Waals surface area contributed by atoms with Crippen LogP contribution in [0.25, 0.3) is 0 Å². The molecule has 0 unspecified atom stereocenters. The molecule has 0 bridgehead atoms. The van der Waals surface area contributed by atoms with Gasteiger partial charge in [0, 0.05) is 6.54 Å². The molecule has 1 aromatic heterocycles. The number of nitrogens with two attached hydrogens (primary N) is 1. The Labute approximate surface area is 118 Å². The lowest BCUT2D eigenvalue weighted by Crippen LogP contribution is -2.14. The first kappa shape index (κ1) is 14.6. The lowest BCUT2D eigenvalue weighted by atomic mass is 10.2. The highest BCUT2D eigenvalue weighted by atomic mass is 19.1. The summed E-state index contributed by atoms with van der Waals surface area (Å²) >= 11 is 0. The van der Waals surface area contributed by atoms with Gasteiger partial charge in [0.1, 0.15) is 5.82 Å². The summed E-state index contributed by atoms with van der Waals surface area (Å²) in [5.74, 6) is -2.76. The number of carboxylic acids is 1. The van der Waals surface area contributed by atoms with E-state index < -0.39 is 17.7 Å². The number of nitrogens with zero attached hydrogens (tertiary/aromatic N) is 3. The SMILES string of the molecule is NCCn1cc(C(=O)Nc2ccc(C(=O)O)cc2F)nn1. The van der Waals surface area contributed by atoms with Crippen molar-refractivity contribution in [2.75, 3.05) is 11.9 Å². The third-order valence-electron chi connectivity index (χ3n) is 2.59. The van der Waals surface area contributed by atoms with Gasteiger partial charge in [-0.2, -0.15) is 0 Å². The monoisotopic (exact) mass is 293 g/mol. The summed E-state index contributed by atoms with van der Waals surface area (Å²) in [5, 5.41) is 18.3. The van der Waals surface area contributed by atoms with E-state index in [1.54, 1.807) is 0 Å². The zero-order valence-corrected chi connectivity index (χ0v) is 10.8. The fraction of sp³-hybridized carbons (Fsp3) is 0.167. The Morgan fingerprint density at radius 2 is 2.19 bits per heavy atom. The maximum Gasteiger partial charge on any atom is 0.335 e. The molecule has 4 N–H and O–H groups in total. The molecule has 8 nitrogen and oxygen atoms in total. The lowest BCUT2D eigenvalue weighted by Gasteiger charge is -2.05. The smallest absolute Gasteiger partial charge is 0.335 e. The second-order valence-corrected chi connectivity index (χ2v) is 4.11. The molecule has 1 amide bonds. The second kappa shape index (κ2) is 6.09. The van der Waals surface area contributed by atoms with Crippen LogP contribution in [0.3, 0.4) is 0 Å². The van der Waals surface area contributed by atoms with Crippen molar-refractivity contribution < 1.29 is 19.1 Å². The first-order valence-corrected chi connectivity index (χ1v) is 5.95. The summed E-state index contributed by atoms with van der Waals surface area (Å²) in [5.41, 5.74) is 5.00. The average Bonchev–Trinajstić information content (AvgIpc) is 2.90. The first-order valence-electron chi connectivity index (χ1n) is 5.95. The number of aromatic carboxylic acids is 1. The predicted molar refractivity (Wildman–Crippen MR) is 70.4 cm³/mol. The molecule has 0 aliphatic carbocycles. The number of carbonyl (C=O) groups excluding carboxylic acids is 1. The molecule has 110 valence electrons. The van der Waals surface area contributed by atoms with Gasteiger partial charge in [-0.25, -0.2) is 9.18 Å². The van der Waals surface area contributed by atoms with E-state index in [9.17, 15) is 14.0 Å². The third-order valence-corrected chi connectivity index (χ3v) is 2.59. The molecule has 0 fully saturated rings. The molecule has 21 heavy (non-hydrogen) atoms. The molecule has 2 rings (SSSR count). The van der Waals surface area contributed by atoms with Gasteiger partial charge in [-0.3, -0.25) is 9.48 Å². The molecule has 0 atom stereocenters. The number of halogens is 1. The lowest BCUT2D eigenvalue weighted by molar-refractivity contribution is 0.0696. The van der Waals surface area contributed by atoms with E-state index in [1.807, 2.05) is 0 Å². The van der Waals surface area contributed by atoms with Gasteiger partial charge in [0.25, 0.3) is 5.91 Å². The molecule has 1 heterocycles. The van der Waals surface area contributed by atoms with E-state index in [-0.39, 0.29) is 16.9 Å². The van der Waals surface area contributed by atoms with E-state index in [2.05, 4.69) is 15.6 Å². The molecule has 0 aliphatic rings. The highest BCUT2D eigenvalue weighted by Gasteiger charge is 2.14. The summed E-state index contributed by atoms with van der Waals surface area (Å²) in [6.07, 6.45) is 1.38. The topological polar surface area (TPSA) is 123 Å². The van der Waals surface area contributed by atoms with Crippen LogP contribution in [0.15, 0.2) is 24.4 Å². The van der Waals surface area contributed by atoms with Gasteiger partial charge < -0.3 is 16.2 Å². The average molecular weight is 293 g/mol. The summed E-state index contributed by atoms with van der Waals surface area (Å²) in [6, 6.07) is 3.18. The summed E-state index contributed by atoms with van der Waals surface area (Å²) in [4.78, 5) is 22.5. The van der Waals surface area contributed by atoms with E-state index in [0.29, 0.717) is 13.1 Å². The molecule has 2 aromatic rings. The number of nitrogens with one attached hydrogen (secondary N) is 1. The van der Waals surface area contributed by atoms with Crippen molar-refractivity contribution in [2.24, 2.45) is 5.73 Å². The Hall–Kier alpha value is -2.81. The van der Waals surface area contributed by atoms with Crippen LogP contribution in [0.2, 0.25) is 0 Å². The molecule has 0 saturated carbocycles. The number of carboxylic acid groups (broad SMARTS) is 1. The molecule has 0 radical (unpaired) electrons. The van der Waals surface area contributed by atoms with Gasteiger partial charge in [-0.15, -0.1) is 5.10 Å². The number of aromatic nitrogens is 3. The van der Waals surface area contributed by atoms with Crippen molar-refractivity contribution in [3.8, 4) is 0 Å². The van der Waals surface area contributed by atoms with Crippen molar-refractivity contribution >= 4 is 17.6 Å². The zero-order chi connectivity index (χ0) is 15.4. The van der Waals surface area contributed by atoms with E-state index in [1.165, 1.54) is 23.0 Å². The fourth-order valence-corrected chi connectivity index (χ4v) is 1.58. The molecular weight excluding hydrogens is 281 g/mol. The van der Waals surface area contributed by atoms with E-state index >= 15 is 0 Å². The van der Waals surface area contributed by atoms with Crippen LogP contribution in [0.1, 0.15) is 20.8 Å². The van der Waals surface area contributed by atoms with Crippen molar-refractivity contribution in [3.63, 3.8) is 0 Å². The van der Waals surface area contributed by atoms with Crippen LogP contribution < -0.4 is 11.1 Å². The number of amides is 1. The summed E-state index contributed by atoms with van der Waals surface area (Å²) in [6.45, 7) is 0.748. The Kier molecular flexibility index (Phi) is 4.24. The number of carbonyl (C=O) groups is 2. The van der Waals surface area contributed by atoms with Crippen molar-refractivity contribution in [1.82, 2.24) is 15.0 Å². The van der Waals surface area contributed by atoms with Crippen LogP contribution in [0, 0.1) is 5.82 Å². The Morgan fingerprint density at radius 1 is 1.43 bits per heavy atom. The van der Waals surface area contributed by atoms with Crippen molar-refractivity contribution in [1.29, 1.82) is 0 Å².